The van der Waals surface area contributed by atoms with E-state index in [1.807, 2.05) is 20.0 Å². The Morgan fingerprint density at radius 3 is 2.71 bits per heavy atom. The molecule has 0 saturated carbocycles. The lowest BCUT2D eigenvalue weighted by Crippen LogP contribution is -1.99. The number of hydrogen-bond acceptors (Lipinski definition) is 3. The molecule has 0 radical (unpaired) electrons. The van der Waals surface area contributed by atoms with Crippen LogP contribution in [0.15, 0.2) is 24.4 Å². The van der Waals surface area contributed by atoms with Crippen molar-refractivity contribution < 1.29 is 9.18 Å². The number of halogens is 1. The van der Waals surface area contributed by atoms with Crippen molar-refractivity contribution >= 4 is 23.1 Å². The number of carbonyl (C=O) groups is 1. The van der Waals surface area contributed by atoms with E-state index in [4.69, 9.17) is 0 Å². The summed E-state index contributed by atoms with van der Waals surface area (Å²) in [7, 11) is 1.83. The highest BCUT2D eigenvalue weighted by atomic mass is 19.1. The van der Waals surface area contributed by atoms with E-state index in [0.29, 0.717) is 17.7 Å². The van der Waals surface area contributed by atoms with Gasteiger partial charge in [0.05, 0.1) is 0 Å². The summed E-state index contributed by atoms with van der Waals surface area (Å²) < 4.78 is 16.3. The molecule has 5 nitrogen and oxygen atoms in total. The minimum atomic E-state index is -0.355. The summed E-state index contributed by atoms with van der Waals surface area (Å²) in [5, 5.41) is 7.65. The third-order valence-corrected chi connectivity index (χ3v) is 4.11. The highest BCUT2D eigenvalue weighted by molar-refractivity contribution is 5.88. The zero-order valence-corrected chi connectivity index (χ0v) is 14.1. The average molecular weight is 326 g/mol. The highest BCUT2D eigenvalue weighted by Crippen LogP contribution is 2.33. The van der Waals surface area contributed by atoms with E-state index in [-0.39, 0.29) is 11.7 Å². The monoisotopic (exact) mass is 326 g/mol. The minimum absolute atomic E-state index is 0.223. The number of carbonyl (C=O) groups excluding carboxylic acids is 1. The van der Waals surface area contributed by atoms with E-state index in [0.717, 1.165) is 27.8 Å². The van der Waals surface area contributed by atoms with Crippen LogP contribution in [0.1, 0.15) is 31.0 Å². The van der Waals surface area contributed by atoms with Gasteiger partial charge >= 0.3 is 0 Å². The Labute approximate surface area is 139 Å². The van der Waals surface area contributed by atoms with Crippen LogP contribution in [0.5, 0.6) is 0 Å². The molecule has 0 spiro atoms. The zero-order chi connectivity index (χ0) is 17.4. The predicted molar refractivity (Wildman–Crippen MR) is 92.4 cm³/mol. The molecule has 1 aromatic carbocycles. The van der Waals surface area contributed by atoms with Gasteiger partial charge in [0.2, 0.25) is 6.41 Å². The number of nitrogens with zero attached hydrogens (tertiary/aromatic N) is 3. The number of rotatable bonds is 4. The van der Waals surface area contributed by atoms with Crippen molar-refractivity contribution in [3.8, 4) is 11.1 Å². The Morgan fingerprint density at radius 1 is 1.29 bits per heavy atom. The van der Waals surface area contributed by atoms with Crippen molar-refractivity contribution in [2.75, 3.05) is 5.32 Å². The summed E-state index contributed by atoms with van der Waals surface area (Å²) >= 11 is 0. The van der Waals surface area contributed by atoms with Crippen molar-refractivity contribution in [3.63, 3.8) is 0 Å². The highest BCUT2D eigenvalue weighted by Gasteiger charge is 2.17. The van der Waals surface area contributed by atoms with Crippen LogP contribution < -0.4 is 5.32 Å². The minimum Gasteiger partial charge on any atom is -0.313 e. The summed E-state index contributed by atoms with van der Waals surface area (Å²) in [6, 6.07) is 5.18. The fourth-order valence-corrected chi connectivity index (χ4v) is 3.09. The van der Waals surface area contributed by atoms with Crippen molar-refractivity contribution in [1.82, 2.24) is 14.8 Å². The number of anilines is 1. The van der Waals surface area contributed by atoms with Gasteiger partial charge in [-0.15, -0.1) is 0 Å². The van der Waals surface area contributed by atoms with Gasteiger partial charge in [0, 0.05) is 24.3 Å². The molecule has 124 valence electrons. The fourth-order valence-electron chi connectivity index (χ4n) is 3.09. The molecule has 0 fully saturated rings. The Bertz CT molecular complexity index is 930. The quantitative estimate of drug-likeness (QED) is 0.742. The van der Waals surface area contributed by atoms with Gasteiger partial charge in [0.1, 0.15) is 11.3 Å². The fraction of sp³-hybridized carbons (Fsp3) is 0.278. The summed E-state index contributed by atoms with van der Waals surface area (Å²) in [4.78, 5) is 14.8. The zero-order valence-electron chi connectivity index (χ0n) is 14.1. The van der Waals surface area contributed by atoms with E-state index < -0.39 is 0 Å². The van der Waals surface area contributed by atoms with Gasteiger partial charge in [-0.05, 0) is 47.7 Å². The van der Waals surface area contributed by atoms with Crippen molar-refractivity contribution in [2.24, 2.45) is 7.05 Å². The summed E-state index contributed by atoms with van der Waals surface area (Å²) in [5.74, 6) is 0.299. The molecule has 0 aliphatic heterocycles. The van der Waals surface area contributed by atoms with Gasteiger partial charge < -0.3 is 5.32 Å². The molecule has 1 amide bonds. The Hall–Kier alpha value is -2.76. The van der Waals surface area contributed by atoms with Crippen LogP contribution in [0.4, 0.5) is 10.2 Å². The van der Waals surface area contributed by atoms with E-state index in [1.165, 1.54) is 6.07 Å². The lowest BCUT2D eigenvalue weighted by molar-refractivity contribution is -0.105. The van der Waals surface area contributed by atoms with Crippen LogP contribution >= 0.6 is 0 Å². The molecule has 6 heteroatoms. The Morgan fingerprint density at radius 2 is 2.04 bits per heavy atom. The molecule has 0 saturated heterocycles. The first-order valence-corrected chi connectivity index (χ1v) is 7.75. The average Bonchev–Trinajstić information content (AvgIpc) is 2.86. The first kappa shape index (κ1) is 16.1. The molecule has 3 rings (SSSR count). The van der Waals surface area contributed by atoms with Gasteiger partial charge in [-0.2, -0.15) is 5.10 Å². The van der Waals surface area contributed by atoms with Gasteiger partial charge in [-0.1, -0.05) is 13.8 Å². The molecular formula is C18H19FN4O. The van der Waals surface area contributed by atoms with Crippen LogP contribution in [0, 0.1) is 12.7 Å². The van der Waals surface area contributed by atoms with Gasteiger partial charge in [-0.25, -0.2) is 9.37 Å². The Balaban J connectivity index is 2.26. The maximum absolute atomic E-state index is 14.6. The molecule has 1 N–H and O–H groups in total. The number of amides is 1. The smallest absolute Gasteiger partial charge is 0.212 e. The van der Waals surface area contributed by atoms with E-state index >= 15 is 0 Å². The SMILES string of the molecule is Cc1cnc(NC=O)cc1-c1cc(F)c2nn(C)c(C(C)C)c2c1. The van der Waals surface area contributed by atoms with Crippen molar-refractivity contribution in [2.45, 2.75) is 26.7 Å². The summed E-state index contributed by atoms with van der Waals surface area (Å²) in [5.41, 5.74) is 3.84. The second kappa shape index (κ2) is 6.03. The summed E-state index contributed by atoms with van der Waals surface area (Å²) in [6.45, 7) is 6.03. The number of fused-ring (bicyclic) bond motifs is 1. The molecule has 2 heterocycles. The van der Waals surface area contributed by atoms with Crippen molar-refractivity contribution in [1.29, 1.82) is 0 Å². The maximum atomic E-state index is 14.6. The lowest BCUT2D eigenvalue weighted by atomic mass is 9.98. The standard InChI is InChI=1S/C18H19FN4O/c1-10(2)18-14-5-12(6-15(19)17(14)22-23(18)4)13-7-16(21-9-24)20-8-11(13)3/h5-10H,1-4H3,(H,20,21,24). The molecule has 3 aromatic rings. The molecular weight excluding hydrogens is 307 g/mol. The first-order valence-electron chi connectivity index (χ1n) is 7.75. The molecule has 2 aromatic heterocycles. The Kier molecular flexibility index (Phi) is 4.05. The number of hydrogen-bond donors (Lipinski definition) is 1. The van der Waals surface area contributed by atoms with Crippen LogP contribution in [0.25, 0.3) is 22.0 Å². The predicted octanol–water partition coefficient (Wildman–Crippen LogP) is 3.77. The van der Waals surface area contributed by atoms with Crippen molar-refractivity contribution in [3.05, 3.63) is 41.5 Å². The second-order valence-electron chi connectivity index (χ2n) is 6.16. The summed E-state index contributed by atoms with van der Waals surface area (Å²) in [6.07, 6.45) is 2.24. The number of aromatic nitrogens is 3. The molecule has 0 unspecified atom stereocenters. The molecule has 24 heavy (non-hydrogen) atoms. The number of pyridine rings is 1. The van der Waals surface area contributed by atoms with E-state index in [9.17, 15) is 9.18 Å². The van der Waals surface area contributed by atoms with Gasteiger partial charge in [-0.3, -0.25) is 9.48 Å². The molecule has 0 bridgehead atoms. The largest absolute Gasteiger partial charge is 0.313 e. The normalized spacial score (nSPS) is 11.2. The molecule has 0 atom stereocenters. The molecule has 0 aliphatic rings. The third-order valence-electron chi connectivity index (χ3n) is 4.11. The lowest BCUT2D eigenvalue weighted by Gasteiger charge is -2.10. The number of benzene rings is 1. The number of nitrogens with one attached hydrogen (secondary N) is 1. The second-order valence-corrected chi connectivity index (χ2v) is 6.16. The van der Waals surface area contributed by atoms with Crippen LogP contribution in [-0.4, -0.2) is 21.2 Å². The topological polar surface area (TPSA) is 59.8 Å². The maximum Gasteiger partial charge on any atom is 0.212 e. The van der Waals surface area contributed by atoms with Crippen LogP contribution in [-0.2, 0) is 11.8 Å². The van der Waals surface area contributed by atoms with Crippen LogP contribution in [0.2, 0.25) is 0 Å². The first-order chi connectivity index (χ1) is 11.4. The molecule has 0 aliphatic carbocycles. The van der Waals surface area contributed by atoms with E-state index in [2.05, 4.69) is 29.2 Å². The van der Waals surface area contributed by atoms with Gasteiger partial charge in [0.25, 0.3) is 0 Å². The van der Waals surface area contributed by atoms with Crippen LogP contribution in [0.3, 0.4) is 0 Å². The van der Waals surface area contributed by atoms with E-state index in [1.54, 1.807) is 16.9 Å². The van der Waals surface area contributed by atoms with Gasteiger partial charge in [0.15, 0.2) is 5.82 Å². The third kappa shape index (κ3) is 2.64. The number of aryl methyl sites for hydroxylation is 2.